The van der Waals surface area contributed by atoms with Crippen LogP contribution in [0.3, 0.4) is 0 Å². The monoisotopic (exact) mass is 334 g/mol. The normalized spacial score (nSPS) is 11.0. The molecular formula is C19H15FN4O. The molecule has 3 aromatic heterocycles. The predicted octanol–water partition coefficient (Wildman–Crippen LogP) is 4.34. The number of benzene rings is 1. The highest BCUT2D eigenvalue weighted by atomic mass is 19.1. The van der Waals surface area contributed by atoms with E-state index in [1.165, 1.54) is 12.1 Å². The molecule has 0 aliphatic carbocycles. The highest BCUT2D eigenvalue weighted by Gasteiger charge is 2.14. The van der Waals surface area contributed by atoms with E-state index < -0.39 is 0 Å². The van der Waals surface area contributed by atoms with Crippen molar-refractivity contribution in [3.8, 4) is 11.3 Å². The van der Waals surface area contributed by atoms with Gasteiger partial charge in [0.2, 0.25) is 5.58 Å². The van der Waals surface area contributed by atoms with Gasteiger partial charge in [-0.15, -0.1) is 0 Å². The van der Waals surface area contributed by atoms with Crippen molar-refractivity contribution < 1.29 is 8.91 Å². The van der Waals surface area contributed by atoms with Crippen LogP contribution in [0.2, 0.25) is 0 Å². The lowest BCUT2D eigenvalue weighted by Crippen LogP contribution is -2.01. The number of hydrogen-bond acceptors (Lipinski definition) is 5. The number of hydrogen-bond donors (Lipinski definition) is 1. The van der Waals surface area contributed by atoms with Crippen molar-refractivity contribution in [3.63, 3.8) is 0 Å². The molecule has 4 aromatic rings. The Labute approximate surface area is 143 Å². The second-order valence-corrected chi connectivity index (χ2v) is 5.72. The first-order chi connectivity index (χ1) is 12.2. The lowest BCUT2D eigenvalue weighted by Gasteiger charge is -2.09. The lowest BCUT2D eigenvalue weighted by atomic mass is 10.1. The minimum Gasteiger partial charge on any atom is -0.378 e. The molecule has 0 atom stereocenters. The smallest absolute Gasteiger partial charge is 0.208 e. The van der Waals surface area contributed by atoms with Crippen LogP contribution >= 0.6 is 0 Å². The molecule has 0 spiro atoms. The van der Waals surface area contributed by atoms with Gasteiger partial charge in [-0.25, -0.2) is 9.37 Å². The first-order valence-corrected chi connectivity index (χ1v) is 7.86. The Balaban J connectivity index is 1.75. The third-order valence-corrected chi connectivity index (χ3v) is 3.94. The van der Waals surface area contributed by atoms with Crippen LogP contribution in [0.4, 0.5) is 10.1 Å². The van der Waals surface area contributed by atoms with Crippen molar-refractivity contribution in [2.24, 2.45) is 0 Å². The number of halogens is 1. The molecule has 25 heavy (non-hydrogen) atoms. The van der Waals surface area contributed by atoms with Gasteiger partial charge in [0.1, 0.15) is 17.0 Å². The summed E-state index contributed by atoms with van der Waals surface area (Å²) >= 11 is 0. The van der Waals surface area contributed by atoms with E-state index >= 15 is 0 Å². The highest BCUT2D eigenvalue weighted by Crippen LogP contribution is 2.30. The number of nitrogens with one attached hydrogen (secondary N) is 1. The van der Waals surface area contributed by atoms with Gasteiger partial charge in [0.15, 0.2) is 0 Å². The third kappa shape index (κ3) is 3.06. The summed E-state index contributed by atoms with van der Waals surface area (Å²) < 4.78 is 18.6. The van der Waals surface area contributed by atoms with Crippen LogP contribution in [0.15, 0.2) is 59.4 Å². The number of rotatable bonds is 4. The van der Waals surface area contributed by atoms with Gasteiger partial charge in [0, 0.05) is 24.5 Å². The van der Waals surface area contributed by atoms with Gasteiger partial charge in [-0.05, 0) is 48.9 Å². The molecular weight excluding hydrogens is 319 g/mol. The number of fused-ring (bicyclic) bond motifs is 1. The Morgan fingerprint density at radius 3 is 2.76 bits per heavy atom. The summed E-state index contributed by atoms with van der Waals surface area (Å²) in [6.45, 7) is 2.44. The zero-order valence-electron chi connectivity index (χ0n) is 13.5. The molecule has 0 aliphatic heterocycles. The van der Waals surface area contributed by atoms with E-state index in [9.17, 15) is 4.39 Å². The standard InChI is InChI=1S/C19H15FN4O/c1-12-18-19(25-24-12)17(22-11-13-3-2-8-21-10-13)9-16(23-18)14-4-6-15(20)7-5-14/h2-10H,11H2,1H3,(H,22,23). The van der Waals surface area contributed by atoms with Crippen molar-refractivity contribution in [2.45, 2.75) is 13.5 Å². The van der Waals surface area contributed by atoms with Crippen LogP contribution in [0.25, 0.3) is 22.4 Å². The zero-order valence-corrected chi connectivity index (χ0v) is 13.5. The molecule has 0 aliphatic rings. The van der Waals surface area contributed by atoms with Crippen molar-refractivity contribution in [2.75, 3.05) is 5.32 Å². The molecule has 6 heteroatoms. The van der Waals surface area contributed by atoms with Crippen molar-refractivity contribution >= 4 is 16.8 Å². The summed E-state index contributed by atoms with van der Waals surface area (Å²) in [6, 6.07) is 12.0. The molecule has 1 aromatic carbocycles. The molecule has 0 radical (unpaired) electrons. The van der Waals surface area contributed by atoms with Gasteiger partial charge < -0.3 is 9.84 Å². The topological polar surface area (TPSA) is 63.8 Å². The van der Waals surface area contributed by atoms with Crippen LogP contribution in [0.5, 0.6) is 0 Å². The van der Waals surface area contributed by atoms with Gasteiger partial charge in [-0.1, -0.05) is 11.2 Å². The summed E-state index contributed by atoms with van der Waals surface area (Å²) in [5.41, 5.74) is 5.40. The fourth-order valence-electron chi connectivity index (χ4n) is 2.63. The number of anilines is 1. The van der Waals surface area contributed by atoms with Crippen LogP contribution in [-0.4, -0.2) is 15.1 Å². The zero-order chi connectivity index (χ0) is 17.2. The Kier molecular flexibility index (Phi) is 3.85. The molecule has 0 saturated heterocycles. The third-order valence-electron chi connectivity index (χ3n) is 3.94. The fraction of sp³-hybridized carbons (Fsp3) is 0.105. The van der Waals surface area contributed by atoms with Gasteiger partial charge in [0.25, 0.3) is 0 Å². The predicted molar refractivity (Wildman–Crippen MR) is 93.5 cm³/mol. The molecule has 1 N–H and O–H groups in total. The Hall–Kier alpha value is -3.28. The molecule has 0 unspecified atom stereocenters. The van der Waals surface area contributed by atoms with Crippen molar-refractivity contribution in [1.29, 1.82) is 0 Å². The Morgan fingerprint density at radius 1 is 1.16 bits per heavy atom. The fourth-order valence-corrected chi connectivity index (χ4v) is 2.63. The van der Waals surface area contributed by atoms with Crippen LogP contribution in [0.1, 0.15) is 11.3 Å². The number of aryl methyl sites for hydroxylation is 1. The van der Waals surface area contributed by atoms with E-state index in [-0.39, 0.29) is 5.82 Å². The summed E-state index contributed by atoms with van der Waals surface area (Å²) in [6.07, 6.45) is 3.54. The van der Waals surface area contributed by atoms with E-state index in [4.69, 9.17) is 4.52 Å². The maximum Gasteiger partial charge on any atom is 0.208 e. The molecule has 0 bridgehead atoms. The maximum atomic E-state index is 13.2. The maximum absolute atomic E-state index is 13.2. The first kappa shape index (κ1) is 15.3. The van der Waals surface area contributed by atoms with Gasteiger partial charge in [-0.2, -0.15) is 0 Å². The summed E-state index contributed by atoms with van der Waals surface area (Å²) in [4.78, 5) is 8.73. The van der Waals surface area contributed by atoms with Crippen molar-refractivity contribution in [1.82, 2.24) is 15.1 Å². The molecule has 4 rings (SSSR count). The largest absolute Gasteiger partial charge is 0.378 e. The number of pyridine rings is 2. The second-order valence-electron chi connectivity index (χ2n) is 5.72. The average Bonchev–Trinajstić information content (AvgIpc) is 3.02. The van der Waals surface area contributed by atoms with E-state index in [1.807, 2.05) is 25.1 Å². The molecule has 0 fully saturated rings. The second kappa shape index (κ2) is 6.32. The first-order valence-electron chi connectivity index (χ1n) is 7.86. The molecule has 5 nitrogen and oxygen atoms in total. The highest BCUT2D eigenvalue weighted by molar-refractivity contribution is 5.90. The lowest BCUT2D eigenvalue weighted by molar-refractivity contribution is 0.451. The Morgan fingerprint density at radius 2 is 2.00 bits per heavy atom. The summed E-state index contributed by atoms with van der Waals surface area (Å²) in [7, 11) is 0. The molecule has 3 heterocycles. The molecule has 0 saturated carbocycles. The van der Waals surface area contributed by atoms with Gasteiger partial charge in [-0.3, -0.25) is 4.98 Å². The van der Waals surface area contributed by atoms with E-state index in [0.29, 0.717) is 23.3 Å². The van der Waals surface area contributed by atoms with Gasteiger partial charge in [0.05, 0.1) is 11.4 Å². The van der Waals surface area contributed by atoms with Crippen LogP contribution < -0.4 is 5.32 Å². The molecule has 0 amide bonds. The minimum absolute atomic E-state index is 0.277. The SMILES string of the molecule is Cc1noc2c(NCc3cccnc3)cc(-c3ccc(F)cc3)nc12. The van der Waals surface area contributed by atoms with E-state index in [2.05, 4.69) is 20.4 Å². The van der Waals surface area contributed by atoms with Crippen molar-refractivity contribution in [3.05, 3.63) is 71.9 Å². The van der Waals surface area contributed by atoms with Crippen LogP contribution in [0, 0.1) is 12.7 Å². The van der Waals surface area contributed by atoms with E-state index in [1.54, 1.807) is 24.5 Å². The van der Waals surface area contributed by atoms with Crippen LogP contribution in [-0.2, 0) is 6.54 Å². The Bertz CT molecular complexity index is 1010. The molecule has 124 valence electrons. The number of aromatic nitrogens is 3. The summed E-state index contributed by atoms with van der Waals surface area (Å²) in [5, 5.41) is 7.36. The average molecular weight is 334 g/mol. The van der Waals surface area contributed by atoms with Gasteiger partial charge >= 0.3 is 0 Å². The number of nitrogens with zero attached hydrogens (tertiary/aromatic N) is 3. The quantitative estimate of drug-likeness (QED) is 0.601. The van der Waals surface area contributed by atoms with E-state index in [0.717, 1.165) is 22.5 Å². The minimum atomic E-state index is -0.277. The summed E-state index contributed by atoms with van der Waals surface area (Å²) in [5.74, 6) is -0.277.